The molecule has 0 aliphatic heterocycles. The maximum absolute atomic E-state index is 11.8. The Hall–Kier alpha value is -0.590. The number of Topliss-reactive ketones (excluding diaryl/α,β-unsaturated/α-hetero) is 1. The van der Waals surface area contributed by atoms with Crippen molar-refractivity contribution in [1.29, 1.82) is 0 Å². The maximum Gasteiger partial charge on any atom is 0.133 e. The van der Waals surface area contributed by atoms with Gasteiger partial charge in [-0.3, -0.25) is 4.79 Å². The Kier molecular flexibility index (Phi) is 2.76. The van der Waals surface area contributed by atoms with Crippen molar-refractivity contribution >= 4 is 5.78 Å². The molecule has 1 nitrogen and oxygen atoms in total. The molecule has 0 heterocycles. The van der Waals surface area contributed by atoms with Crippen LogP contribution in [0.15, 0.2) is 12.2 Å². The highest BCUT2D eigenvalue weighted by Crippen LogP contribution is 2.64. The van der Waals surface area contributed by atoms with Crippen molar-refractivity contribution in [3.63, 3.8) is 0 Å². The fraction of sp³-hybridized carbons (Fsp3) is 0.842. The fourth-order valence-electron chi connectivity index (χ4n) is 6.53. The van der Waals surface area contributed by atoms with Gasteiger partial charge < -0.3 is 0 Å². The van der Waals surface area contributed by atoms with Crippen LogP contribution in [0, 0.1) is 34.5 Å². The lowest BCUT2D eigenvalue weighted by atomic mass is 9.45. The van der Waals surface area contributed by atoms with E-state index in [0.29, 0.717) is 22.5 Å². The molecule has 4 rings (SSSR count). The molecule has 0 amide bonds. The second kappa shape index (κ2) is 4.21. The molecule has 3 saturated carbocycles. The van der Waals surface area contributed by atoms with Crippen LogP contribution < -0.4 is 0 Å². The summed E-state index contributed by atoms with van der Waals surface area (Å²) < 4.78 is 0. The maximum atomic E-state index is 11.8. The molecule has 0 unspecified atom stereocenters. The number of carbonyl (C=O) groups excluding carboxylic acids is 1. The van der Waals surface area contributed by atoms with E-state index < -0.39 is 0 Å². The number of hydrogen-bond donors (Lipinski definition) is 0. The summed E-state index contributed by atoms with van der Waals surface area (Å²) in [6.07, 6.45) is 14.7. The third-order valence-electron chi connectivity index (χ3n) is 7.81. The molecular formula is C19H28O. The minimum Gasteiger partial charge on any atom is -0.300 e. The minimum absolute atomic E-state index is 0.473. The molecule has 0 spiro atoms. The Bertz CT molecular complexity index is 464. The van der Waals surface area contributed by atoms with Crippen molar-refractivity contribution in [2.75, 3.05) is 0 Å². The van der Waals surface area contributed by atoms with E-state index in [1.807, 2.05) is 0 Å². The first kappa shape index (κ1) is 13.1. The van der Waals surface area contributed by atoms with Crippen LogP contribution in [0.4, 0.5) is 0 Å². The molecule has 4 aliphatic carbocycles. The van der Waals surface area contributed by atoms with Crippen LogP contribution in [0.3, 0.4) is 0 Å². The molecule has 0 aromatic heterocycles. The third-order valence-corrected chi connectivity index (χ3v) is 7.81. The Morgan fingerprint density at radius 1 is 1.10 bits per heavy atom. The standard InChI is InChI=1S/C19H28O/c1-18-9-3-4-16(18)15-6-5-13-12-14(20)7-11-19(13,2)17(15)8-10-18/h3,9,13,15-17H,4-8,10-12H2,1-2H3/t13-,15+,16-,17-,18-,19-/m0/s1. The molecule has 6 atom stereocenters. The Morgan fingerprint density at radius 2 is 1.95 bits per heavy atom. The van der Waals surface area contributed by atoms with Gasteiger partial charge >= 0.3 is 0 Å². The summed E-state index contributed by atoms with van der Waals surface area (Å²) in [4.78, 5) is 11.8. The van der Waals surface area contributed by atoms with Crippen molar-refractivity contribution in [2.45, 2.75) is 65.2 Å². The quantitative estimate of drug-likeness (QED) is 0.581. The molecule has 20 heavy (non-hydrogen) atoms. The largest absolute Gasteiger partial charge is 0.300 e. The third kappa shape index (κ3) is 1.64. The molecule has 1 heteroatoms. The predicted octanol–water partition coefficient (Wildman–Crippen LogP) is 4.76. The van der Waals surface area contributed by atoms with Crippen LogP contribution in [0.2, 0.25) is 0 Å². The zero-order valence-corrected chi connectivity index (χ0v) is 13.0. The van der Waals surface area contributed by atoms with Crippen LogP contribution in [0.5, 0.6) is 0 Å². The van der Waals surface area contributed by atoms with Gasteiger partial charge in [0.25, 0.3) is 0 Å². The predicted molar refractivity (Wildman–Crippen MR) is 81.3 cm³/mol. The molecule has 0 aromatic carbocycles. The van der Waals surface area contributed by atoms with Gasteiger partial charge in [0.05, 0.1) is 0 Å². The summed E-state index contributed by atoms with van der Waals surface area (Å²) in [5.41, 5.74) is 0.968. The smallest absolute Gasteiger partial charge is 0.133 e. The average Bonchev–Trinajstić information content (AvgIpc) is 2.81. The van der Waals surface area contributed by atoms with Gasteiger partial charge in [-0.05, 0) is 73.0 Å². The van der Waals surface area contributed by atoms with E-state index in [9.17, 15) is 4.79 Å². The molecule has 4 aliphatic rings. The zero-order valence-electron chi connectivity index (χ0n) is 13.0. The molecular weight excluding hydrogens is 244 g/mol. The monoisotopic (exact) mass is 272 g/mol. The number of hydrogen-bond acceptors (Lipinski definition) is 1. The first-order valence-corrected chi connectivity index (χ1v) is 8.72. The number of rotatable bonds is 0. The summed E-state index contributed by atoms with van der Waals surface area (Å²) in [7, 11) is 0. The topological polar surface area (TPSA) is 17.1 Å². The minimum atomic E-state index is 0.473. The van der Waals surface area contributed by atoms with Gasteiger partial charge in [0.1, 0.15) is 5.78 Å². The zero-order chi connectivity index (χ0) is 14.0. The van der Waals surface area contributed by atoms with Crippen LogP contribution in [0.25, 0.3) is 0 Å². The Morgan fingerprint density at radius 3 is 2.80 bits per heavy atom. The van der Waals surface area contributed by atoms with E-state index in [-0.39, 0.29) is 0 Å². The van der Waals surface area contributed by atoms with Gasteiger partial charge in [0, 0.05) is 12.8 Å². The van der Waals surface area contributed by atoms with Gasteiger partial charge in [-0.2, -0.15) is 0 Å². The first-order valence-electron chi connectivity index (χ1n) is 8.72. The Labute approximate surface area is 123 Å². The molecule has 0 saturated heterocycles. The summed E-state index contributed by atoms with van der Waals surface area (Å²) in [5, 5.41) is 0. The second-order valence-corrected chi connectivity index (χ2v) is 8.58. The van der Waals surface area contributed by atoms with E-state index in [0.717, 1.165) is 30.6 Å². The van der Waals surface area contributed by atoms with Crippen molar-refractivity contribution in [2.24, 2.45) is 34.5 Å². The molecule has 0 aromatic rings. The highest BCUT2D eigenvalue weighted by Gasteiger charge is 2.56. The lowest BCUT2D eigenvalue weighted by molar-refractivity contribution is -0.136. The molecule has 110 valence electrons. The Balaban J connectivity index is 1.64. The lowest BCUT2D eigenvalue weighted by Gasteiger charge is -2.59. The van der Waals surface area contributed by atoms with Crippen molar-refractivity contribution < 1.29 is 4.79 Å². The van der Waals surface area contributed by atoms with Crippen LogP contribution in [0.1, 0.15) is 65.2 Å². The van der Waals surface area contributed by atoms with E-state index in [1.165, 1.54) is 38.5 Å². The highest BCUT2D eigenvalue weighted by molar-refractivity contribution is 5.79. The summed E-state index contributed by atoms with van der Waals surface area (Å²) in [6, 6.07) is 0. The van der Waals surface area contributed by atoms with Crippen molar-refractivity contribution in [3.8, 4) is 0 Å². The number of carbonyl (C=O) groups is 1. The molecule has 0 bridgehead atoms. The summed E-state index contributed by atoms with van der Waals surface area (Å²) in [6.45, 7) is 5.03. The van der Waals surface area contributed by atoms with Gasteiger partial charge in [-0.1, -0.05) is 26.0 Å². The summed E-state index contributed by atoms with van der Waals surface area (Å²) in [5.74, 6) is 3.96. The molecule has 3 fully saturated rings. The molecule has 0 N–H and O–H groups in total. The van der Waals surface area contributed by atoms with Gasteiger partial charge in [0.2, 0.25) is 0 Å². The van der Waals surface area contributed by atoms with Crippen LogP contribution in [-0.4, -0.2) is 5.78 Å². The van der Waals surface area contributed by atoms with Gasteiger partial charge in [-0.15, -0.1) is 0 Å². The van der Waals surface area contributed by atoms with E-state index in [4.69, 9.17) is 0 Å². The lowest BCUT2D eigenvalue weighted by Crippen LogP contribution is -2.52. The van der Waals surface area contributed by atoms with Crippen LogP contribution in [-0.2, 0) is 4.79 Å². The van der Waals surface area contributed by atoms with Crippen LogP contribution >= 0.6 is 0 Å². The SMILES string of the molecule is C[C@]12CCC(=O)C[C@@H]1CC[C@H]1[C@@H]2CC[C@]2(C)C=CC[C@@H]12. The van der Waals surface area contributed by atoms with Crippen molar-refractivity contribution in [3.05, 3.63) is 12.2 Å². The van der Waals surface area contributed by atoms with E-state index in [1.54, 1.807) is 0 Å². The summed E-state index contributed by atoms with van der Waals surface area (Å²) >= 11 is 0. The average molecular weight is 272 g/mol. The fourth-order valence-corrected chi connectivity index (χ4v) is 6.53. The first-order chi connectivity index (χ1) is 9.53. The number of fused-ring (bicyclic) bond motifs is 5. The normalized spacial score (nSPS) is 54.2. The number of ketones is 1. The molecule has 0 radical (unpaired) electrons. The van der Waals surface area contributed by atoms with E-state index in [2.05, 4.69) is 26.0 Å². The van der Waals surface area contributed by atoms with Crippen molar-refractivity contribution in [1.82, 2.24) is 0 Å². The highest BCUT2D eigenvalue weighted by atomic mass is 16.1. The second-order valence-electron chi connectivity index (χ2n) is 8.58. The van der Waals surface area contributed by atoms with Gasteiger partial charge in [0.15, 0.2) is 0 Å². The number of allylic oxidation sites excluding steroid dienone is 2. The van der Waals surface area contributed by atoms with Gasteiger partial charge in [-0.25, -0.2) is 0 Å². The van der Waals surface area contributed by atoms with E-state index >= 15 is 0 Å².